The Kier molecular flexibility index (Phi) is 3.88. The maximum absolute atomic E-state index is 12.7. The van der Waals surface area contributed by atoms with Crippen LogP contribution in [0.25, 0.3) is 0 Å². The van der Waals surface area contributed by atoms with Gasteiger partial charge in [-0.1, -0.05) is 11.2 Å². The maximum Gasteiger partial charge on any atom is 0.416 e. The lowest BCUT2D eigenvalue weighted by molar-refractivity contribution is -0.137. The summed E-state index contributed by atoms with van der Waals surface area (Å²) in [7, 11) is 1.57. The van der Waals surface area contributed by atoms with Gasteiger partial charge in [0.15, 0.2) is 0 Å². The van der Waals surface area contributed by atoms with Gasteiger partial charge >= 0.3 is 6.18 Å². The first kappa shape index (κ1) is 14.9. The van der Waals surface area contributed by atoms with Gasteiger partial charge < -0.3 is 9.94 Å². The van der Waals surface area contributed by atoms with Crippen LogP contribution in [0.1, 0.15) is 16.8 Å². The van der Waals surface area contributed by atoms with Gasteiger partial charge in [0.2, 0.25) is 5.88 Å². The second kappa shape index (κ2) is 5.47. The van der Waals surface area contributed by atoms with Gasteiger partial charge in [-0.05, 0) is 25.1 Å². The molecule has 1 heterocycles. The molecule has 1 aromatic heterocycles. The van der Waals surface area contributed by atoms with Gasteiger partial charge in [0.1, 0.15) is 5.75 Å². The lowest BCUT2D eigenvalue weighted by Crippen LogP contribution is -2.05. The van der Waals surface area contributed by atoms with Crippen molar-refractivity contribution in [3.8, 4) is 11.6 Å². The van der Waals surface area contributed by atoms with Crippen molar-refractivity contribution in [1.29, 1.82) is 0 Å². The van der Waals surface area contributed by atoms with Crippen LogP contribution in [-0.4, -0.2) is 21.2 Å². The second-order valence-corrected chi connectivity index (χ2v) is 4.30. The molecule has 5 nitrogen and oxygen atoms in total. The van der Waals surface area contributed by atoms with Gasteiger partial charge in [0.05, 0.1) is 23.0 Å². The Morgan fingerprint density at radius 1 is 1.38 bits per heavy atom. The van der Waals surface area contributed by atoms with Gasteiger partial charge in [0.25, 0.3) is 0 Å². The molecule has 0 atom stereocenters. The van der Waals surface area contributed by atoms with Crippen LogP contribution in [0.3, 0.4) is 0 Å². The van der Waals surface area contributed by atoms with Crippen molar-refractivity contribution in [2.24, 2.45) is 12.2 Å². The van der Waals surface area contributed by atoms with E-state index in [4.69, 9.17) is 9.94 Å². The number of nitrogens with zero attached hydrogens (tertiary/aromatic N) is 3. The number of aromatic nitrogens is 2. The highest BCUT2D eigenvalue weighted by molar-refractivity contribution is 5.84. The quantitative estimate of drug-likeness (QED) is 0.537. The van der Waals surface area contributed by atoms with E-state index in [1.54, 1.807) is 14.0 Å². The predicted molar refractivity (Wildman–Crippen MR) is 68.8 cm³/mol. The Morgan fingerprint density at radius 2 is 2.10 bits per heavy atom. The third-order valence-electron chi connectivity index (χ3n) is 2.78. The number of ether oxygens (including phenoxy) is 1. The topological polar surface area (TPSA) is 59.6 Å². The predicted octanol–water partition coefficient (Wildman–Crippen LogP) is 3.35. The Bertz CT molecular complexity index is 678. The number of hydrogen-bond donors (Lipinski definition) is 1. The smallest absolute Gasteiger partial charge is 0.416 e. The number of rotatable bonds is 3. The van der Waals surface area contributed by atoms with Gasteiger partial charge in [-0.15, -0.1) is 0 Å². The molecular formula is C13H12F3N3O2. The SMILES string of the molecule is Cc1nn(C)c(Oc2cccc(C(F)(F)F)c2)c1C=NO. The van der Waals surface area contributed by atoms with Crippen molar-refractivity contribution in [3.63, 3.8) is 0 Å². The molecule has 0 unspecified atom stereocenters. The van der Waals surface area contributed by atoms with E-state index in [0.29, 0.717) is 11.3 Å². The molecule has 8 heteroatoms. The van der Waals surface area contributed by atoms with Crippen LogP contribution >= 0.6 is 0 Å². The van der Waals surface area contributed by atoms with Gasteiger partial charge in [-0.3, -0.25) is 0 Å². The number of benzene rings is 1. The van der Waals surface area contributed by atoms with Crippen LogP contribution in [0.15, 0.2) is 29.4 Å². The van der Waals surface area contributed by atoms with E-state index in [1.165, 1.54) is 16.8 Å². The van der Waals surface area contributed by atoms with Crippen molar-refractivity contribution in [3.05, 3.63) is 41.1 Å². The van der Waals surface area contributed by atoms with E-state index in [-0.39, 0.29) is 11.6 Å². The molecule has 2 rings (SSSR count). The molecule has 0 aliphatic carbocycles. The van der Waals surface area contributed by atoms with Crippen LogP contribution < -0.4 is 4.74 Å². The van der Waals surface area contributed by atoms with Crippen LogP contribution in [0.4, 0.5) is 13.2 Å². The minimum absolute atomic E-state index is 0.0143. The van der Waals surface area contributed by atoms with E-state index in [2.05, 4.69) is 10.3 Å². The summed E-state index contributed by atoms with van der Waals surface area (Å²) < 4.78 is 44.8. The summed E-state index contributed by atoms with van der Waals surface area (Å²) in [6.07, 6.45) is -3.33. The van der Waals surface area contributed by atoms with E-state index in [1.807, 2.05) is 0 Å². The molecule has 1 N–H and O–H groups in total. The molecule has 0 radical (unpaired) electrons. The summed E-state index contributed by atoms with van der Waals surface area (Å²) in [4.78, 5) is 0. The Morgan fingerprint density at radius 3 is 2.71 bits per heavy atom. The standard InChI is InChI=1S/C13H12F3N3O2/c1-8-11(7-17-20)12(19(2)18-8)21-10-5-3-4-9(6-10)13(14,15)16/h3-7,20H,1-2H3. The Balaban J connectivity index is 2.39. The number of aryl methyl sites for hydroxylation is 2. The van der Waals surface area contributed by atoms with Gasteiger partial charge in [0, 0.05) is 7.05 Å². The van der Waals surface area contributed by atoms with Crippen LogP contribution in [0.5, 0.6) is 11.6 Å². The molecule has 0 spiro atoms. The van der Waals surface area contributed by atoms with E-state index in [0.717, 1.165) is 18.3 Å². The molecule has 0 fully saturated rings. The third kappa shape index (κ3) is 3.15. The zero-order valence-corrected chi connectivity index (χ0v) is 11.2. The minimum atomic E-state index is -4.45. The highest BCUT2D eigenvalue weighted by Crippen LogP contribution is 2.33. The molecule has 0 saturated carbocycles. The number of alkyl halides is 3. The largest absolute Gasteiger partial charge is 0.439 e. The van der Waals surface area contributed by atoms with Crippen LogP contribution in [0.2, 0.25) is 0 Å². The van der Waals surface area contributed by atoms with Gasteiger partial charge in [-0.2, -0.15) is 18.3 Å². The Labute approximate surface area is 118 Å². The first-order valence-corrected chi connectivity index (χ1v) is 5.89. The highest BCUT2D eigenvalue weighted by atomic mass is 19.4. The number of hydrogen-bond acceptors (Lipinski definition) is 4. The van der Waals surface area contributed by atoms with E-state index < -0.39 is 11.7 Å². The molecule has 0 aliphatic heterocycles. The number of oxime groups is 1. The van der Waals surface area contributed by atoms with E-state index >= 15 is 0 Å². The first-order chi connectivity index (χ1) is 9.82. The second-order valence-electron chi connectivity index (χ2n) is 4.30. The fourth-order valence-electron chi connectivity index (χ4n) is 1.83. The summed E-state index contributed by atoms with van der Waals surface area (Å²) in [6.45, 7) is 1.66. The molecule has 1 aromatic carbocycles. The maximum atomic E-state index is 12.7. The minimum Gasteiger partial charge on any atom is -0.439 e. The monoisotopic (exact) mass is 299 g/mol. The third-order valence-corrected chi connectivity index (χ3v) is 2.78. The average Bonchev–Trinajstić information content (AvgIpc) is 2.66. The van der Waals surface area contributed by atoms with Crippen molar-refractivity contribution in [2.75, 3.05) is 0 Å². The van der Waals surface area contributed by atoms with Crippen LogP contribution in [-0.2, 0) is 13.2 Å². The zero-order valence-electron chi connectivity index (χ0n) is 11.2. The summed E-state index contributed by atoms with van der Waals surface area (Å²) in [6, 6.07) is 4.50. The molecule has 0 bridgehead atoms. The molecule has 2 aromatic rings. The van der Waals surface area contributed by atoms with Crippen molar-refractivity contribution >= 4 is 6.21 Å². The van der Waals surface area contributed by atoms with Gasteiger partial charge in [-0.25, -0.2) is 4.68 Å². The molecule has 21 heavy (non-hydrogen) atoms. The fraction of sp³-hybridized carbons (Fsp3) is 0.231. The summed E-state index contributed by atoms with van der Waals surface area (Å²) in [5, 5.41) is 15.6. The fourth-order valence-corrected chi connectivity index (χ4v) is 1.83. The zero-order chi connectivity index (χ0) is 15.6. The van der Waals surface area contributed by atoms with Crippen molar-refractivity contribution in [1.82, 2.24) is 9.78 Å². The van der Waals surface area contributed by atoms with Crippen LogP contribution in [0, 0.1) is 6.92 Å². The summed E-state index contributed by atoms with van der Waals surface area (Å²) >= 11 is 0. The average molecular weight is 299 g/mol. The lowest BCUT2D eigenvalue weighted by Gasteiger charge is -2.10. The molecule has 0 aliphatic rings. The first-order valence-electron chi connectivity index (χ1n) is 5.89. The Hall–Kier alpha value is -2.51. The normalized spacial score (nSPS) is 12.0. The molecule has 112 valence electrons. The summed E-state index contributed by atoms with van der Waals surface area (Å²) in [5.41, 5.74) is 0.103. The molecular weight excluding hydrogens is 287 g/mol. The highest BCUT2D eigenvalue weighted by Gasteiger charge is 2.30. The van der Waals surface area contributed by atoms with E-state index in [9.17, 15) is 13.2 Å². The lowest BCUT2D eigenvalue weighted by atomic mass is 10.2. The molecule has 0 amide bonds. The summed E-state index contributed by atoms with van der Waals surface area (Å²) in [5.74, 6) is 0.199. The van der Waals surface area contributed by atoms with Crippen molar-refractivity contribution < 1.29 is 23.1 Å². The number of halogens is 3. The molecule has 0 saturated heterocycles. The van der Waals surface area contributed by atoms with Crippen molar-refractivity contribution in [2.45, 2.75) is 13.1 Å².